The summed E-state index contributed by atoms with van der Waals surface area (Å²) in [6.45, 7) is 2.51. The van der Waals surface area contributed by atoms with Crippen LogP contribution >= 0.6 is 0 Å². The monoisotopic (exact) mass is 194 g/mol. The van der Waals surface area contributed by atoms with E-state index in [0.29, 0.717) is 0 Å². The van der Waals surface area contributed by atoms with Gasteiger partial charge in [-0.3, -0.25) is 0 Å². The number of rotatable bonds is 3. The topological polar surface area (TPSA) is 44.8 Å². The van der Waals surface area contributed by atoms with Crippen LogP contribution in [0.5, 0.6) is 0 Å². The van der Waals surface area contributed by atoms with E-state index in [-0.39, 0.29) is 0 Å². The molecular formula is C10H18N4. The van der Waals surface area contributed by atoms with Crippen molar-refractivity contribution >= 4 is 0 Å². The third-order valence-corrected chi connectivity index (χ3v) is 3.11. The summed E-state index contributed by atoms with van der Waals surface area (Å²) in [4.78, 5) is 2.41. The van der Waals surface area contributed by atoms with Crippen LogP contribution < -0.4 is 0 Å². The summed E-state index contributed by atoms with van der Waals surface area (Å²) >= 11 is 0. The Balaban J connectivity index is 1.71. The number of nitrogens with zero attached hydrogens (tertiary/aromatic N) is 3. The molecule has 0 aliphatic carbocycles. The maximum Gasteiger partial charge on any atom is 0.0824 e. The fourth-order valence-electron chi connectivity index (χ4n) is 2.05. The van der Waals surface area contributed by atoms with Gasteiger partial charge in [-0.15, -0.1) is 0 Å². The van der Waals surface area contributed by atoms with Crippen molar-refractivity contribution < 1.29 is 0 Å². The van der Waals surface area contributed by atoms with Crippen LogP contribution in [0.15, 0.2) is 6.20 Å². The van der Waals surface area contributed by atoms with Crippen molar-refractivity contribution in [3.05, 3.63) is 11.9 Å². The lowest BCUT2D eigenvalue weighted by atomic mass is 9.92. The molecule has 1 saturated heterocycles. The van der Waals surface area contributed by atoms with Gasteiger partial charge in [-0.1, -0.05) is 0 Å². The first-order valence-electron chi connectivity index (χ1n) is 5.38. The van der Waals surface area contributed by atoms with E-state index in [1.807, 2.05) is 6.20 Å². The highest BCUT2D eigenvalue weighted by molar-refractivity contribution is 4.91. The van der Waals surface area contributed by atoms with E-state index in [9.17, 15) is 0 Å². The number of hydrogen-bond acceptors (Lipinski definition) is 3. The van der Waals surface area contributed by atoms with E-state index in [4.69, 9.17) is 0 Å². The largest absolute Gasteiger partial charge is 0.306 e. The predicted molar refractivity (Wildman–Crippen MR) is 54.9 cm³/mol. The smallest absolute Gasteiger partial charge is 0.0824 e. The second-order valence-electron chi connectivity index (χ2n) is 4.25. The molecule has 78 valence electrons. The molecule has 1 aliphatic rings. The molecule has 0 saturated carbocycles. The van der Waals surface area contributed by atoms with E-state index in [1.54, 1.807) is 0 Å². The summed E-state index contributed by atoms with van der Waals surface area (Å²) in [5, 5.41) is 10.5. The second-order valence-corrected chi connectivity index (χ2v) is 4.25. The van der Waals surface area contributed by atoms with E-state index in [0.717, 1.165) is 18.0 Å². The Labute approximate surface area is 84.7 Å². The van der Waals surface area contributed by atoms with Crippen molar-refractivity contribution in [1.82, 2.24) is 20.3 Å². The van der Waals surface area contributed by atoms with E-state index in [2.05, 4.69) is 27.4 Å². The first-order chi connectivity index (χ1) is 6.84. The number of H-pyrrole nitrogens is 1. The highest BCUT2D eigenvalue weighted by Crippen LogP contribution is 2.20. The van der Waals surface area contributed by atoms with Gasteiger partial charge in [-0.25, -0.2) is 0 Å². The molecule has 0 radical (unpaired) electrons. The zero-order valence-corrected chi connectivity index (χ0v) is 8.74. The number of nitrogens with one attached hydrogen (secondary N) is 1. The SMILES string of the molecule is CN1CCC(CCc2cn[nH]n2)CC1. The average Bonchev–Trinajstić information content (AvgIpc) is 2.70. The summed E-state index contributed by atoms with van der Waals surface area (Å²) in [5.41, 5.74) is 1.10. The highest BCUT2D eigenvalue weighted by atomic mass is 15.3. The minimum Gasteiger partial charge on any atom is -0.306 e. The van der Waals surface area contributed by atoms with Gasteiger partial charge >= 0.3 is 0 Å². The summed E-state index contributed by atoms with van der Waals surface area (Å²) in [6, 6.07) is 0. The molecule has 1 aromatic rings. The van der Waals surface area contributed by atoms with E-state index < -0.39 is 0 Å². The van der Waals surface area contributed by atoms with Gasteiger partial charge in [0, 0.05) is 0 Å². The Bertz CT molecular complexity index is 249. The van der Waals surface area contributed by atoms with Gasteiger partial charge in [-0.2, -0.15) is 15.4 Å². The lowest BCUT2D eigenvalue weighted by molar-refractivity contribution is 0.212. The Morgan fingerprint density at radius 3 is 2.93 bits per heavy atom. The number of aromatic nitrogens is 3. The average molecular weight is 194 g/mol. The summed E-state index contributed by atoms with van der Waals surface area (Å²) in [5.74, 6) is 0.892. The van der Waals surface area contributed by atoms with Gasteiger partial charge in [0.25, 0.3) is 0 Å². The maximum atomic E-state index is 4.07. The first-order valence-corrected chi connectivity index (χ1v) is 5.38. The van der Waals surface area contributed by atoms with Gasteiger partial charge in [0.2, 0.25) is 0 Å². The van der Waals surface area contributed by atoms with Crippen LogP contribution in [0.1, 0.15) is 25.0 Å². The zero-order chi connectivity index (χ0) is 9.80. The molecule has 2 heterocycles. The van der Waals surface area contributed by atoms with Crippen LogP contribution in [0.4, 0.5) is 0 Å². The number of likely N-dealkylation sites (tertiary alicyclic amines) is 1. The quantitative estimate of drug-likeness (QED) is 0.783. The molecule has 0 aromatic carbocycles. The third-order valence-electron chi connectivity index (χ3n) is 3.11. The third kappa shape index (κ3) is 2.54. The summed E-state index contributed by atoms with van der Waals surface area (Å²) < 4.78 is 0. The van der Waals surface area contributed by atoms with Gasteiger partial charge in [-0.05, 0) is 51.7 Å². The molecule has 1 N–H and O–H groups in total. The molecule has 1 aliphatic heterocycles. The number of aromatic amines is 1. The minimum atomic E-state index is 0.892. The lowest BCUT2D eigenvalue weighted by Crippen LogP contribution is -2.30. The van der Waals surface area contributed by atoms with E-state index >= 15 is 0 Å². The molecule has 0 amide bonds. The van der Waals surface area contributed by atoms with Crippen LogP contribution in [0, 0.1) is 5.92 Å². The first kappa shape index (κ1) is 9.65. The molecule has 0 unspecified atom stereocenters. The number of piperidine rings is 1. The molecular weight excluding hydrogens is 176 g/mol. The Hall–Kier alpha value is -0.900. The molecule has 2 rings (SSSR count). The van der Waals surface area contributed by atoms with Gasteiger partial charge in [0.05, 0.1) is 11.9 Å². The Morgan fingerprint density at radius 2 is 2.29 bits per heavy atom. The molecule has 14 heavy (non-hydrogen) atoms. The molecule has 4 nitrogen and oxygen atoms in total. The molecule has 1 aromatic heterocycles. The zero-order valence-electron chi connectivity index (χ0n) is 8.74. The molecule has 0 bridgehead atoms. The van der Waals surface area contributed by atoms with E-state index in [1.165, 1.54) is 32.4 Å². The van der Waals surface area contributed by atoms with Crippen molar-refractivity contribution in [2.75, 3.05) is 20.1 Å². The Morgan fingerprint density at radius 1 is 1.50 bits per heavy atom. The van der Waals surface area contributed by atoms with Crippen LogP contribution in [-0.2, 0) is 6.42 Å². The van der Waals surface area contributed by atoms with Crippen LogP contribution in [0.2, 0.25) is 0 Å². The normalized spacial score (nSPS) is 20.1. The molecule has 1 fully saturated rings. The van der Waals surface area contributed by atoms with Crippen molar-refractivity contribution in [2.45, 2.75) is 25.7 Å². The van der Waals surface area contributed by atoms with Crippen molar-refractivity contribution in [1.29, 1.82) is 0 Å². The van der Waals surface area contributed by atoms with Gasteiger partial charge < -0.3 is 4.90 Å². The maximum absolute atomic E-state index is 4.07. The van der Waals surface area contributed by atoms with Crippen LogP contribution in [0.3, 0.4) is 0 Å². The minimum absolute atomic E-state index is 0.892. The second kappa shape index (κ2) is 4.55. The number of aryl methyl sites for hydroxylation is 1. The van der Waals surface area contributed by atoms with Gasteiger partial charge in [0.1, 0.15) is 0 Å². The van der Waals surface area contributed by atoms with Crippen LogP contribution in [-0.4, -0.2) is 40.4 Å². The standard InChI is InChI=1S/C10H18N4/c1-14-6-4-9(5-7-14)2-3-10-8-11-13-12-10/h8-9H,2-7H2,1H3,(H,11,12,13). The summed E-state index contributed by atoms with van der Waals surface area (Å²) in [6.07, 6.45) is 6.85. The molecule has 0 spiro atoms. The van der Waals surface area contributed by atoms with Crippen molar-refractivity contribution in [3.8, 4) is 0 Å². The fourth-order valence-corrected chi connectivity index (χ4v) is 2.05. The molecule has 4 heteroatoms. The van der Waals surface area contributed by atoms with Crippen molar-refractivity contribution in [3.63, 3.8) is 0 Å². The van der Waals surface area contributed by atoms with Crippen LogP contribution in [0.25, 0.3) is 0 Å². The summed E-state index contributed by atoms with van der Waals surface area (Å²) in [7, 11) is 2.20. The highest BCUT2D eigenvalue weighted by Gasteiger charge is 2.16. The van der Waals surface area contributed by atoms with Crippen molar-refractivity contribution in [2.24, 2.45) is 5.92 Å². The Kier molecular flexibility index (Phi) is 3.14. The molecule has 0 atom stereocenters. The fraction of sp³-hybridized carbons (Fsp3) is 0.800. The lowest BCUT2D eigenvalue weighted by Gasteiger charge is -2.28. The van der Waals surface area contributed by atoms with Gasteiger partial charge in [0.15, 0.2) is 0 Å². The number of hydrogen-bond donors (Lipinski definition) is 1. The predicted octanol–water partition coefficient (Wildman–Crippen LogP) is 1.08.